The van der Waals surface area contributed by atoms with Crippen molar-refractivity contribution in [3.8, 4) is 0 Å². The number of carbonyl (C=O) groups is 1. The zero-order valence-electron chi connectivity index (χ0n) is 12.7. The fourth-order valence-electron chi connectivity index (χ4n) is 2.09. The lowest BCUT2D eigenvalue weighted by Gasteiger charge is -2.10. The first-order valence-corrected chi connectivity index (χ1v) is 7.60. The number of nitrogens with zero attached hydrogens (tertiary/aromatic N) is 1. The molecule has 0 fully saturated rings. The van der Waals surface area contributed by atoms with Gasteiger partial charge in [0.25, 0.3) is 0 Å². The summed E-state index contributed by atoms with van der Waals surface area (Å²) in [6.07, 6.45) is 0.279. The van der Waals surface area contributed by atoms with Crippen molar-refractivity contribution < 1.29 is 4.79 Å². The van der Waals surface area contributed by atoms with Gasteiger partial charge in [-0.3, -0.25) is 4.79 Å². The zero-order valence-corrected chi connectivity index (χ0v) is 13.5. The fraction of sp³-hybridized carbons (Fsp3) is 0.222. The minimum atomic E-state index is -0.142. The van der Waals surface area contributed by atoms with Crippen molar-refractivity contribution in [3.05, 3.63) is 70.7 Å². The van der Waals surface area contributed by atoms with Crippen LogP contribution in [0.3, 0.4) is 0 Å². The maximum absolute atomic E-state index is 12.0. The van der Waals surface area contributed by atoms with Gasteiger partial charge in [-0.05, 0) is 29.2 Å². The molecular formula is C18H19ClN2O. The average Bonchev–Trinajstić information content (AvgIpc) is 2.50. The zero-order chi connectivity index (χ0) is 15.9. The number of halogens is 1. The number of carbonyl (C=O) groups excluding carboxylic acids is 1. The molecule has 0 aliphatic heterocycles. The smallest absolute Gasteiger partial charge is 0.244 e. The van der Waals surface area contributed by atoms with Gasteiger partial charge in [0.05, 0.1) is 12.1 Å². The van der Waals surface area contributed by atoms with Gasteiger partial charge in [0.2, 0.25) is 5.91 Å². The van der Waals surface area contributed by atoms with Crippen LogP contribution in [0.4, 0.5) is 0 Å². The van der Waals surface area contributed by atoms with E-state index in [2.05, 4.69) is 24.4 Å². The van der Waals surface area contributed by atoms with Crippen molar-refractivity contribution in [2.75, 3.05) is 0 Å². The summed E-state index contributed by atoms with van der Waals surface area (Å²) < 4.78 is 0. The predicted octanol–water partition coefficient (Wildman–Crippen LogP) is 4.06. The van der Waals surface area contributed by atoms with Crippen LogP contribution >= 0.6 is 11.6 Å². The number of hydrazone groups is 1. The number of hydrogen-bond donors (Lipinski definition) is 1. The molecule has 0 atom stereocenters. The van der Waals surface area contributed by atoms with E-state index >= 15 is 0 Å². The van der Waals surface area contributed by atoms with Gasteiger partial charge in [-0.25, -0.2) is 5.43 Å². The Bertz CT molecular complexity index is 649. The van der Waals surface area contributed by atoms with Crippen LogP contribution in [0.15, 0.2) is 59.7 Å². The largest absolute Gasteiger partial charge is 0.273 e. The van der Waals surface area contributed by atoms with Gasteiger partial charge in [-0.15, -0.1) is 0 Å². The van der Waals surface area contributed by atoms with Crippen molar-refractivity contribution in [2.45, 2.75) is 20.3 Å². The Kier molecular flexibility index (Phi) is 5.73. The standard InChI is InChI=1S/C18H19ClN2O/c1-13(2)18(15-6-4-3-5-7-15)21-20-17(22)12-14-8-10-16(19)11-9-14/h3-11,13H,12H2,1-2H3,(H,20,22)/b21-18+. The second kappa shape index (κ2) is 7.76. The summed E-state index contributed by atoms with van der Waals surface area (Å²) in [5.41, 5.74) is 5.43. The average molecular weight is 315 g/mol. The van der Waals surface area contributed by atoms with Crippen molar-refractivity contribution in [1.29, 1.82) is 0 Å². The second-order valence-corrected chi connectivity index (χ2v) is 5.79. The second-order valence-electron chi connectivity index (χ2n) is 5.36. The number of hydrogen-bond acceptors (Lipinski definition) is 2. The highest BCUT2D eigenvalue weighted by atomic mass is 35.5. The molecule has 0 saturated heterocycles. The van der Waals surface area contributed by atoms with Crippen molar-refractivity contribution >= 4 is 23.2 Å². The monoisotopic (exact) mass is 314 g/mol. The van der Waals surface area contributed by atoms with E-state index in [1.807, 2.05) is 42.5 Å². The number of rotatable bonds is 5. The van der Waals surface area contributed by atoms with Gasteiger partial charge in [-0.1, -0.05) is 67.9 Å². The van der Waals surface area contributed by atoms with Gasteiger partial charge < -0.3 is 0 Å². The van der Waals surface area contributed by atoms with E-state index in [-0.39, 0.29) is 18.2 Å². The molecule has 0 unspecified atom stereocenters. The van der Waals surface area contributed by atoms with E-state index in [0.717, 1.165) is 16.8 Å². The third-order valence-corrected chi connectivity index (χ3v) is 3.45. The molecule has 0 aliphatic carbocycles. The van der Waals surface area contributed by atoms with Crippen molar-refractivity contribution in [3.63, 3.8) is 0 Å². The van der Waals surface area contributed by atoms with Gasteiger partial charge in [0.15, 0.2) is 0 Å². The normalized spacial score (nSPS) is 11.5. The van der Waals surface area contributed by atoms with Crippen molar-refractivity contribution in [2.24, 2.45) is 11.0 Å². The maximum atomic E-state index is 12.0. The summed E-state index contributed by atoms with van der Waals surface area (Å²) in [6.45, 7) is 4.11. The minimum absolute atomic E-state index is 0.142. The molecule has 1 N–H and O–H groups in total. The van der Waals surface area contributed by atoms with Crippen LogP contribution in [0.5, 0.6) is 0 Å². The molecule has 4 heteroatoms. The third kappa shape index (κ3) is 4.71. The number of benzene rings is 2. The van der Waals surface area contributed by atoms with Crippen LogP contribution in [-0.4, -0.2) is 11.6 Å². The van der Waals surface area contributed by atoms with E-state index in [1.165, 1.54) is 0 Å². The quantitative estimate of drug-likeness (QED) is 0.656. The van der Waals surface area contributed by atoms with Crippen LogP contribution < -0.4 is 5.43 Å². The molecule has 0 aliphatic rings. The summed E-state index contributed by atoms with van der Waals surface area (Å²) in [5.74, 6) is 0.0784. The van der Waals surface area contributed by atoms with Crippen LogP contribution in [0.25, 0.3) is 0 Å². The lowest BCUT2D eigenvalue weighted by atomic mass is 10.0. The van der Waals surface area contributed by atoms with Crippen molar-refractivity contribution in [1.82, 2.24) is 5.43 Å². The van der Waals surface area contributed by atoms with E-state index in [0.29, 0.717) is 5.02 Å². The third-order valence-electron chi connectivity index (χ3n) is 3.20. The van der Waals surface area contributed by atoms with E-state index in [9.17, 15) is 4.79 Å². The SMILES string of the molecule is CC(C)/C(=N\NC(=O)Cc1ccc(Cl)cc1)c1ccccc1. The van der Waals surface area contributed by atoms with Gasteiger partial charge in [-0.2, -0.15) is 5.10 Å². The van der Waals surface area contributed by atoms with Crippen LogP contribution in [0.2, 0.25) is 5.02 Å². The molecule has 0 radical (unpaired) electrons. The summed E-state index contributed by atoms with van der Waals surface area (Å²) >= 11 is 5.83. The van der Waals surface area contributed by atoms with Gasteiger partial charge in [0, 0.05) is 5.02 Å². The lowest BCUT2D eigenvalue weighted by molar-refractivity contribution is -0.120. The summed E-state index contributed by atoms with van der Waals surface area (Å²) in [7, 11) is 0. The summed E-state index contributed by atoms with van der Waals surface area (Å²) in [4.78, 5) is 12.0. The molecule has 0 spiro atoms. The fourth-order valence-corrected chi connectivity index (χ4v) is 2.21. The molecule has 22 heavy (non-hydrogen) atoms. The van der Waals surface area contributed by atoms with E-state index < -0.39 is 0 Å². The Morgan fingerprint density at radius 1 is 1.09 bits per heavy atom. The Morgan fingerprint density at radius 2 is 1.73 bits per heavy atom. The Labute approximate surface area is 136 Å². The Hall–Kier alpha value is -2.13. The van der Waals surface area contributed by atoms with Gasteiger partial charge in [0.1, 0.15) is 0 Å². The molecule has 0 aromatic heterocycles. The molecule has 3 nitrogen and oxygen atoms in total. The van der Waals surface area contributed by atoms with Crippen LogP contribution in [0.1, 0.15) is 25.0 Å². The molecule has 1 amide bonds. The highest BCUT2D eigenvalue weighted by Crippen LogP contribution is 2.11. The maximum Gasteiger partial charge on any atom is 0.244 e. The first kappa shape index (κ1) is 16.2. The molecule has 2 rings (SSSR count). The molecule has 2 aromatic rings. The topological polar surface area (TPSA) is 41.5 Å². The predicted molar refractivity (Wildman–Crippen MR) is 91.1 cm³/mol. The lowest BCUT2D eigenvalue weighted by Crippen LogP contribution is -2.23. The molecule has 0 heterocycles. The van der Waals surface area contributed by atoms with Crippen LogP contribution in [0, 0.1) is 5.92 Å². The first-order chi connectivity index (χ1) is 10.6. The number of nitrogens with one attached hydrogen (secondary N) is 1. The highest BCUT2D eigenvalue weighted by molar-refractivity contribution is 6.30. The highest BCUT2D eigenvalue weighted by Gasteiger charge is 2.09. The molecule has 0 bridgehead atoms. The Morgan fingerprint density at radius 3 is 2.32 bits per heavy atom. The molecular weight excluding hydrogens is 296 g/mol. The first-order valence-electron chi connectivity index (χ1n) is 7.22. The molecule has 0 saturated carbocycles. The van der Waals surface area contributed by atoms with E-state index in [4.69, 9.17) is 11.6 Å². The van der Waals surface area contributed by atoms with E-state index in [1.54, 1.807) is 12.1 Å². The van der Waals surface area contributed by atoms with Crippen LogP contribution in [-0.2, 0) is 11.2 Å². The molecule has 2 aromatic carbocycles. The Balaban J connectivity index is 2.04. The van der Waals surface area contributed by atoms with Gasteiger partial charge >= 0.3 is 0 Å². The summed E-state index contributed by atoms with van der Waals surface area (Å²) in [5, 5.41) is 4.96. The summed E-state index contributed by atoms with van der Waals surface area (Å²) in [6, 6.07) is 17.1. The number of amides is 1. The minimum Gasteiger partial charge on any atom is -0.273 e. The molecule has 114 valence electrons.